The topological polar surface area (TPSA) is 26.3 Å². The number of methoxy groups -OCH3 is 1. The number of ether oxygens (including phenoxy) is 1. The highest BCUT2D eigenvalue weighted by Crippen LogP contribution is 2.36. The largest absolute Gasteiger partial charge is 0.370 e. The van der Waals surface area contributed by atoms with E-state index in [4.69, 9.17) is 4.74 Å². The fraction of sp³-hybridized carbons (Fsp3) is 0.562. The Hall–Kier alpha value is -1.29. The highest BCUT2D eigenvalue weighted by atomic mass is 19.1. The van der Waals surface area contributed by atoms with Gasteiger partial charge in [0.2, 0.25) is 0 Å². The second kappa shape index (κ2) is 6.00. The van der Waals surface area contributed by atoms with Gasteiger partial charge in [0.05, 0.1) is 0 Å². The molecule has 0 N–H and O–H groups in total. The number of carbonyl (C=O) groups is 1. The Bertz CT molecular complexity index is 481. The summed E-state index contributed by atoms with van der Waals surface area (Å²) in [4.78, 5) is 12.5. The molecule has 0 radical (unpaired) electrons. The summed E-state index contributed by atoms with van der Waals surface area (Å²) in [5, 5.41) is 0. The molecule has 1 fully saturated rings. The third-order valence-corrected chi connectivity index (χ3v) is 4.14. The summed E-state index contributed by atoms with van der Waals surface area (Å²) < 4.78 is 31.9. The molecule has 0 bridgehead atoms. The van der Waals surface area contributed by atoms with Gasteiger partial charge in [-0.25, -0.2) is 8.78 Å². The average molecular weight is 282 g/mol. The molecule has 0 amide bonds. The first-order chi connectivity index (χ1) is 9.45. The summed E-state index contributed by atoms with van der Waals surface area (Å²) in [7, 11) is 1.54. The minimum atomic E-state index is -0.791. The summed E-state index contributed by atoms with van der Waals surface area (Å²) in [6, 6.07) is 3.22. The van der Waals surface area contributed by atoms with Crippen molar-refractivity contribution in [3.05, 3.63) is 35.4 Å². The van der Waals surface area contributed by atoms with Gasteiger partial charge in [-0.1, -0.05) is 13.3 Å². The summed E-state index contributed by atoms with van der Waals surface area (Å²) in [5.41, 5.74) is -0.428. The maximum atomic E-state index is 13.2. The number of hydrogen-bond acceptors (Lipinski definition) is 2. The molecule has 0 aliphatic heterocycles. The predicted octanol–water partition coefficient (Wildman–Crippen LogP) is 3.67. The first-order valence-corrected chi connectivity index (χ1v) is 6.98. The van der Waals surface area contributed by atoms with Crippen molar-refractivity contribution < 1.29 is 18.3 Å². The number of carbonyl (C=O) groups excluding carboxylic acids is 1. The normalized spacial score (nSPS) is 26.5. The fourth-order valence-corrected chi connectivity index (χ4v) is 3.12. The van der Waals surface area contributed by atoms with Crippen LogP contribution in [-0.4, -0.2) is 18.5 Å². The van der Waals surface area contributed by atoms with Crippen LogP contribution in [0.2, 0.25) is 0 Å². The minimum Gasteiger partial charge on any atom is -0.370 e. The Morgan fingerprint density at radius 2 is 2.00 bits per heavy atom. The molecule has 0 spiro atoms. The van der Waals surface area contributed by atoms with Crippen LogP contribution in [0.5, 0.6) is 0 Å². The first kappa shape index (κ1) is 15.1. The lowest BCUT2D eigenvalue weighted by molar-refractivity contribution is -0.146. The predicted molar refractivity (Wildman–Crippen MR) is 72.4 cm³/mol. The van der Waals surface area contributed by atoms with Crippen LogP contribution in [0.25, 0.3) is 0 Å². The van der Waals surface area contributed by atoms with Crippen LogP contribution < -0.4 is 0 Å². The van der Waals surface area contributed by atoms with Crippen molar-refractivity contribution in [2.24, 2.45) is 5.92 Å². The van der Waals surface area contributed by atoms with Gasteiger partial charge in [-0.05, 0) is 42.9 Å². The Labute approximate surface area is 118 Å². The van der Waals surface area contributed by atoms with E-state index in [0.717, 1.165) is 18.9 Å². The molecular formula is C16H20F2O2. The highest BCUT2D eigenvalue weighted by Gasteiger charge is 2.41. The monoisotopic (exact) mass is 282 g/mol. The number of halogens is 2. The van der Waals surface area contributed by atoms with Gasteiger partial charge in [0.1, 0.15) is 17.2 Å². The average Bonchev–Trinajstić information content (AvgIpc) is 2.37. The summed E-state index contributed by atoms with van der Waals surface area (Å²) in [5.74, 6) is -0.971. The molecule has 2 nitrogen and oxygen atoms in total. The number of Topliss-reactive ketones (excluding diaryl/α,β-unsaturated/α-hetero) is 1. The Morgan fingerprint density at radius 3 is 2.55 bits per heavy atom. The van der Waals surface area contributed by atoms with Gasteiger partial charge >= 0.3 is 0 Å². The van der Waals surface area contributed by atoms with Crippen molar-refractivity contribution in [2.75, 3.05) is 7.11 Å². The standard InChI is InChI=1S/C16H20F2O2/c1-11-4-3-5-16(10-11,20-2)15(19)8-12-6-13(17)9-14(18)7-12/h6-7,9,11H,3-5,8,10H2,1-2H3. The van der Waals surface area contributed by atoms with E-state index < -0.39 is 17.2 Å². The van der Waals surface area contributed by atoms with Crippen molar-refractivity contribution in [2.45, 2.75) is 44.6 Å². The zero-order valence-corrected chi connectivity index (χ0v) is 11.9. The van der Waals surface area contributed by atoms with Crippen molar-refractivity contribution in [3.8, 4) is 0 Å². The zero-order valence-electron chi connectivity index (χ0n) is 11.9. The summed E-state index contributed by atoms with van der Waals surface area (Å²) in [6.07, 6.45) is 3.41. The van der Waals surface area contributed by atoms with E-state index in [9.17, 15) is 13.6 Å². The van der Waals surface area contributed by atoms with Crippen LogP contribution in [-0.2, 0) is 16.0 Å². The SMILES string of the molecule is COC1(C(=O)Cc2cc(F)cc(F)c2)CCCC(C)C1. The smallest absolute Gasteiger partial charge is 0.168 e. The molecule has 0 aromatic heterocycles. The van der Waals surface area contributed by atoms with Crippen LogP contribution in [0, 0.1) is 17.6 Å². The van der Waals surface area contributed by atoms with Gasteiger partial charge in [-0.15, -0.1) is 0 Å². The molecular weight excluding hydrogens is 262 g/mol. The second-order valence-electron chi connectivity index (χ2n) is 5.78. The van der Waals surface area contributed by atoms with Gasteiger partial charge in [0, 0.05) is 19.6 Å². The molecule has 0 heterocycles. The van der Waals surface area contributed by atoms with Gasteiger partial charge in [0.15, 0.2) is 5.78 Å². The number of rotatable bonds is 4. The van der Waals surface area contributed by atoms with Crippen LogP contribution >= 0.6 is 0 Å². The molecule has 4 heteroatoms. The Kier molecular flexibility index (Phi) is 4.53. The molecule has 2 atom stereocenters. The van der Waals surface area contributed by atoms with E-state index in [1.54, 1.807) is 7.11 Å². The quantitative estimate of drug-likeness (QED) is 0.842. The maximum Gasteiger partial charge on any atom is 0.168 e. The van der Waals surface area contributed by atoms with Crippen molar-refractivity contribution >= 4 is 5.78 Å². The van der Waals surface area contributed by atoms with Crippen molar-refractivity contribution in [3.63, 3.8) is 0 Å². The zero-order chi connectivity index (χ0) is 14.8. The number of benzene rings is 1. The summed E-state index contributed by atoms with van der Waals surface area (Å²) >= 11 is 0. The fourth-order valence-electron chi connectivity index (χ4n) is 3.12. The molecule has 0 saturated heterocycles. The molecule has 2 unspecified atom stereocenters. The maximum absolute atomic E-state index is 13.2. The molecule has 1 aromatic carbocycles. The van der Waals surface area contributed by atoms with Crippen molar-refractivity contribution in [1.82, 2.24) is 0 Å². The van der Waals surface area contributed by atoms with Crippen LogP contribution in [0.3, 0.4) is 0 Å². The number of hydrogen-bond donors (Lipinski definition) is 0. The second-order valence-corrected chi connectivity index (χ2v) is 5.78. The van der Waals surface area contributed by atoms with Gasteiger partial charge in [-0.2, -0.15) is 0 Å². The van der Waals surface area contributed by atoms with E-state index in [0.29, 0.717) is 24.3 Å². The number of ketones is 1. The molecule has 1 aliphatic carbocycles. The van der Waals surface area contributed by atoms with E-state index >= 15 is 0 Å². The Balaban J connectivity index is 2.17. The van der Waals surface area contributed by atoms with Crippen LogP contribution in [0.4, 0.5) is 8.78 Å². The highest BCUT2D eigenvalue weighted by molar-refractivity contribution is 5.89. The van der Waals surface area contributed by atoms with Gasteiger partial charge in [0.25, 0.3) is 0 Å². The lowest BCUT2D eigenvalue weighted by atomic mass is 9.75. The van der Waals surface area contributed by atoms with Gasteiger partial charge < -0.3 is 4.74 Å². The first-order valence-electron chi connectivity index (χ1n) is 6.98. The molecule has 110 valence electrons. The third-order valence-electron chi connectivity index (χ3n) is 4.14. The van der Waals surface area contributed by atoms with E-state index in [1.165, 1.54) is 12.1 Å². The summed E-state index contributed by atoms with van der Waals surface area (Å²) in [6.45, 7) is 2.10. The minimum absolute atomic E-state index is 0.00917. The van der Waals surface area contributed by atoms with E-state index in [1.807, 2.05) is 0 Å². The third kappa shape index (κ3) is 3.23. The molecule has 20 heavy (non-hydrogen) atoms. The Morgan fingerprint density at radius 1 is 1.35 bits per heavy atom. The van der Waals surface area contributed by atoms with E-state index in [-0.39, 0.29) is 12.2 Å². The molecule has 1 saturated carbocycles. The van der Waals surface area contributed by atoms with Crippen LogP contribution in [0.15, 0.2) is 18.2 Å². The van der Waals surface area contributed by atoms with Gasteiger partial charge in [-0.3, -0.25) is 4.79 Å². The lowest BCUT2D eigenvalue weighted by Gasteiger charge is -2.37. The van der Waals surface area contributed by atoms with E-state index in [2.05, 4.69) is 6.92 Å². The van der Waals surface area contributed by atoms with Crippen LogP contribution in [0.1, 0.15) is 38.2 Å². The molecule has 1 aromatic rings. The van der Waals surface area contributed by atoms with Crippen molar-refractivity contribution in [1.29, 1.82) is 0 Å². The molecule has 2 rings (SSSR count). The lowest BCUT2D eigenvalue weighted by Crippen LogP contribution is -2.45. The molecule has 1 aliphatic rings.